The van der Waals surface area contributed by atoms with Gasteiger partial charge in [0.05, 0.1) is 11.9 Å². The van der Waals surface area contributed by atoms with E-state index in [0.717, 1.165) is 21.7 Å². The Balaban J connectivity index is 2.48. The maximum Gasteiger partial charge on any atom is 0.244 e. The van der Waals surface area contributed by atoms with Crippen molar-refractivity contribution in [1.82, 2.24) is 10.2 Å². The van der Waals surface area contributed by atoms with Gasteiger partial charge in [0.1, 0.15) is 12.6 Å². The van der Waals surface area contributed by atoms with Gasteiger partial charge in [-0.3, -0.25) is 13.9 Å². The van der Waals surface area contributed by atoms with Crippen molar-refractivity contribution in [2.24, 2.45) is 5.92 Å². The number of hydrogen-bond donors (Lipinski definition) is 1. The van der Waals surface area contributed by atoms with Crippen molar-refractivity contribution in [3.05, 3.63) is 64.2 Å². The van der Waals surface area contributed by atoms with E-state index in [4.69, 9.17) is 11.6 Å². The minimum Gasteiger partial charge on any atom is -0.354 e. The number of hydrogen-bond acceptors (Lipinski definition) is 4. The normalized spacial score (nSPS) is 12.3. The van der Waals surface area contributed by atoms with Crippen LogP contribution in [0.3, 0.4) is 0 Å². The van der Waals surface area contributed by atoms with E-state index in [9.17, 15) is 18.0 Å². The van der Waals surface area contributed by atoms with Crippen molar-refractivity contribution < 1.29 is 18.0 Å². The van der Waals surface area contributed by atoms with E-state index in [1.54, 1.807) is 30.3 Å². The zero-order valence-electron chi connectivity index (χ0n) is 21.3. The first-order chi connectivity index (χ1) is 16.4. The van der Waals surface area contributed by atoms with E-state index in [0.29, 0.717) is 29.2 Å². The molecule has 1 N–H and O–H groups in total. The quantitative estimate of drug-likeness (QED) is 0.477. The maximum atomic E-state index is 13.7. The second-order valence-electron chi connectivity index (χ2n) is 9.16. The first-order valence-corrected chi connectivity index (χ1v) is 13.9. The second-order valence-corrected chi connectivity index (χ2v) is 11.5. The molecule has 0 bridgehead atoms. The van der Waals surface area contributed by atoms with Crippen LogP contribution in [0.25, 0.3) is 0 Å². The van der Waals surface area contributed by atoms with Gasteiger partial charge in [0, 0.05) is 18.1 Å². The van der Waals surface area contributed by atoms with Gasteiger partial charge in [-0.25, -0.2) is 8.42 Å². The van der Waals surface area contributed by atoms with Crippen LogP contribution in [0.15, 0.2) is 42.5 Å². The van der Waals surface area contributed by atoms with Crippen molar-refractivity contribution in [2.45, 2.75) is 53.6 Å². The van der Waals surface area contributed by atoms with Crippen LogP contribution in [0.1, 0.15) is 43.9 Å². The number of halogens is 1. The molecule has 0 saturated carbocycles. The zero-order chi connectivity index (χ0) is 26.3. The predicted octanol–water partition coefficient (Wildman–Crippen LogP) is 4.30. The number of anilines is 1. The van der Waals surface area contributed by atoms with Crippen molar-refractivity contribution >= 4 is 39.1 Å². The molecule has 1 unspecified atom stereocenters. The predicted molar refractivity (Wildman–Crippen MR) is 142 cm³/mol. The number of aryl methyl sites for hydroxylation is 1. The van der Waals surface area contributed by atoms with Crippen molar-refractivity contribution in [2.75, 3.05) is 23.7 Å². The second kappa shape index (κ2) is 12.4. The SMILES string of the molecule is CCC(C(=O)NCC(C)C)N(Cc1ccccc1Cl)C(=O)CN(c1cccc(C)c1C)S(C)(=O)=O. The van der Waals surface area contributed by atoms with Gasteiger partial charge in [-0.05, 0) is 55.0 Å². The van der Waals surface area contributed by atoms with Crippen LogP contribution in [-0.2, 0) is 26.2 Å². The number of amides is 2. The highest BCUT2D eigenvalue weighted by Crippen LogP contribution is 2.26. The van der Waals surface area contributed by atoms with Gasteiger partial charge < -0.3 is 10.2 Å². The van der Waals surface area contributed by atoms with E-state index < -0.39 is 28.5 Å². The fourth-order valence-electron chi connectivity index (χ4n) is 3.75. The third-order valence-corrected chi connectivity index (χ3v) is 7.39. The highest BCUT2D eigenvalue weighted by Gasteiger charge is 2.32. The van der Waals surface area contributed by atoms with Crippen LogP contribution in [0.2, 0.25) is 5.02 Å². The molecule has 1 atom stereocenters. The molecule has 0 aromatic heterocycles. The lowest BCUT2D eigenvalue weighted by molar-refractivity contribution is -0.140. The van der Waals surface area contributed by atoms with E-state index in [-0.39, 0.29) is 18.4 Å². The first kappa shape index (κ1) is 28.7. The molecule has 35 heavy (non-hydrogen) atoms. The lowest BCUT2D eigenvalue weighted by Crippen LogP contribution is -2.52. The number of carbonyl (C=O) groups excluding carboxylic acids is 2. The van der Waals surface area contributed by atoms with Crippen LogP contribution < -0.4 is 9.62 Å². The van der Waals surface area contributed by atoms with Gasteiger partial charge in [0.15, 0.2) is 0 Å². The average Bonchev–Trinajstić information content (AvgIpc) is 2.78. The Hall–Kier alpha value is -2.58. The molecule has 0 aliphatic rings. The molecule has 9 heteroatoms. The van der Waals surface area contributed by atoms with Gasteiger partial charge in [-0.15, -0.1) is 0 Å². The van der Waals surface area contributed by atoms with Crippen LogP contribution in [0, 0.1) is 19.8 Å². The van der Waals surface area contributed by atoms with Crippen LogP contribution in [-0.4, -0.2) is 50.5 Å². The summed E-state index contributed by atoms with van der Waals surface area (Å²) in [6, 6.07) is 11.7. The number of sulfonamides is 1. The van der Waals surface area contributed by atoms with Crippen LogP contribution >= 0.6 is 11.6 Å². The fourth-order valence-corrected chi connectivity index (χ4v) is 4.85. The molecule has 0 fully saturated rings. The monoisotopic (exact) mass is 521 g/mol. The molecule has 0 saturated heterocycles. The number of rotatable bonds is 11. The molecular weight excluding hydrogens is 486 g/mol. The van der Waals surface area contributed by atoms with Crippen LogP contribution in [0.4, 0.5) is 5.69 Å². The van der Waals surface area contributed by atoms with Gasteiger partial charge in [-0.2, -0.15) is 0 Å². The van der Waals surface area contributed by atoms with Crippen molar-refractivity contribution in [3.63, 3.8) is 0 Å². The summed E-state index contributed by atoms with van der Waals surface area (Å²) >= 11 is 6.37. The lowest BCUT2D eigenvalue weighted by atomic mass is 10.1. The highest BCUT2D eigenvalue weighted by atomic mass is 35.5. The molecule has 0 aliphatic carbocycles. The van der Waals surface area contributed by atoms with Gasteiger partial charge in [0.25, 0.3) is 0 Å². The summed E-state index contributed by atoms with van der Waals surface area (Å²) in [4.78, 5) is 28.2. The summed E-state index contributed by atoms with van der Waals surface area (Å²) in [7, 11) is -3.78. The molecule has 0 heterocycles. The zero-order valence-corrected chi connectivity index (χ0v) is 22.9. The van der Waals surface area contributed by atoms with E-state index >= 15 is 0 Å². The average molecular weight is 522 g/mol. The van der Waals surface area contributed by atoms with E-state index in [2.05, 4.69) is 5.32 Å². The Labute approximate surface area is 214 Å². The van der Waals surface area contributed by atoms with Gasteiger partial charge >= 0.3 is 0 Å². The highest BCUT2D eigenvalue weighted by molar-refractivity contribution is 7.92. The van der Waals surface area contributed by atoms with E-state index in [1.165, 1.54) is 4.90 Å². The Bertz CT molecular complexity index is 1150. The topological polar surface area (TPSA) is 86.8 Å². The fraction of sp³-hybridized carbons (Fsp3) is 0.462. The molecule has 0 radical (unpaired) electrons. The standard InChI is InChI=1S/C26H36ClN3O4S/c1-7-23(26(32)28-15-18(2)3)29(16-21-12-8-9-13-22(21)27)25(31)17-30(35(6,33)34)24-14-10-11-19(4)20(24)5/h8-14,18,23H,7,15-17H2,1-6H3,(H,28,32). The van der Waals surface area contributed by atoms with Crippen molar-refractivity contribution in [1.29, 1.82) is 0 Å². The molecule has 0 aliphatic heterocycles. The Morgan fingerprint density at radius 2 is 1.71 bits per heavy atom. The largest absolute Gasteiger partial charge is 0.354 e. The summed E-state index contributed by atoms with van der Waals surface area (Å²) in [6.07, 6.45) is 1.44. The lowest BCUT2D eigenvalue weighted by Gasteiger charge is -2.33. The number of benzene rings is 2. The molecule has 192 valence electrons. The maximum absolute atomic E-state index is 13.7. The molecule has 2 aromatic carbocycles. The molecule has 7 nitrogen and oxygen atoms in total. The Morgan fingerprint density at radius 3 is 2.29 bits per heavy atom. The minimum absolute atomic E-state index is 0.0799. The third-order valence-electron chi connectivity index (χ3n) is 5.89. The molecule has 2 amide bonds. The summed E-state index contributed by atoms with van der Waals surface area (Å²) in [5.74, 6) is -0.517. The summed E-state index contributed by atoms with van der Waals surface area (Å²) < 4.78 is 26.7. The number of carbonyl (C=O) groups is 2. The molecular formula is C26H36ClN3O4S. The molecule has 2 aromatic rings. The van der Waals surface area contributed by atoms with Gasteiger partial charge in [-0.1, -0.05) is 62.7 Å². The number of nitrogens with one attached hydrogen (secondary N) is 1. The summed E-state index contributed by atoms with van der Waals surface area (Å²) in [5.41, 5.74) is 2.80. The van der Waals surface area contributed by atoms with Crippen LogP contribution in [0.5, 0.6) is 0 Å². The van der Waals surface area contributed by atoms with Gasteiger partial charge in [0.2, 0.25) is 21.8 Å². The Morgan fingerprint density at radius 1 is 1.06 bits per heavy atom. The Kier molecular flexibility index (Phi) is 10.2. The molecule has 2 rings (SSSR count). The smallest absolute Gasteiger partial charge is 0.244 e. The van der Waals surface area contributed by atoms with Crippen molar-refractivity contribution in [3.8, 4) is 0 Å². The molecule has 0 spiro atoms. The number of nitrogens with zero attached hydrogens (tertiary/aromatic N) is 2. The summed E-state index contributed by atoms with van der Waals surface area (Å²) in [6.45, 7) is 9.63. The summed E-state index contributed by atoms with van der Waals surface area (Å²) in [5, 5.41) is 3.37. The third kappa shape index (κ3) is 7.70. The first-order valence-electron chi connectivity index (χ1n) is 11.7. The van der Waals surface area contributed by atoms with E-state index in [1.807, 2.05) is 46.8 Å². The minimum atomic E-state index is -3.78.